The molecule has 24 heavy (non-hydrogen) atoms. The van der Waals surface area contributed by atoms with Gasteiger partial charge in [-0.2, -0.15) is 0 Å². The van der Waals surface area contributed by atoms with Crippen molar-refractivity contribution < 1.29 is 14.5 Å². The van der Waals surface area contributed by atoms with E-state index in [0.717, 1.165) is 10.8 Å². The van der Waals surface area contributed by atoms with Crippen LogP contribution in [0, 0.1) is 10.1 Å². The quantitative estimate of drug-likeness (QED) is 0.581. The summed E-state index contributed by atoms with van der Waals surface area (Å²) in [6, 6.07) is 17.2. The topological polar surface area (TPSA) is 81.5 Å². The van der Waals surface area contributed by atoms with Crippen LogP contribution in [-0.2, 0) is 0 Å². The average Bonchev–Trinajstić information content (AvgIpc) is 2.61. The largest absolute Gasteiger partial charge is 0.496 e. The normalized spacial score (nSPS) is 10.4. The molecular weight excluding hydrogens is 308 g/mol. The number of hydrogen-bond acceptors (Lipinski definition) is 4. The molecule has 3 aromatic rings. The molecule has 0 saturated carbocycles. The number of carbonyl (C=O) groups excluding carboxylic acids is 1. The van der Waals surface area contributed by atoms with Crippen LogP contribution in [0.1, 0.15) is 10.4 Å². The van der Waals surface area contributed by atoms with Gasteiger partial charge in [-0.1, -0.05) is 30.3 Å². The van der Waals surface area contributed by atoms with E-state index in [4.69, 9.17) is 4.74 Å². The number of nitro groups is 1. The lowest BCUT2D eigenvalue weighted by molar-refractivity contribution is -0.384. The first kappa shape index (κ1) is 15.5. The fourth-order valence-corrected chi connectivity index (χ4v) is 2.42. The first-order valence-electron chi connectivity index (χ1n) is 7.21. The van der Waals surface area contributed by atoms with Crippen molar-refractivity contribution in [2.45, 2.75) is 0 Å². The van der Waals surface area contributed by atoms with Crippen molar-refractivity contribution in [3.05, 3.63) is 76.3 Å². The highest BCUT2D eigenvalue weighted by atomic mass is 16.6. The first-order valence-corrected chi connectivity index (χ1v) is 7.21. The minimum atomic E-state index is -0.557. The molecule has 3 aromatic carbocycles. The molecular formula is C18H14N2O4. The van der Waals surface area contributed by atoms with Gasteiger partial charge in [0.05, 0.1) is 18.1 Å². The Morgan fingerprint density at radius 1 is 1.04 bits per heavy atom. The summed E-state index contributed by atoms with van der Waals surface area (Å²) in [7, 11) is 1.42. The maximum Gasteiger partial charge on any atom is 0.296 e. The number of ether oxygens (including phenoxy) is 1. The van der Waals surface area contributed by atoms with Crippen LogP contribution in [-0.4, -0.2) is 17.9 Å². The Hall–Kier alpha value is -3.41. The van der Waals surface area contributed by atoms with Crippen molar-refractivity contribution in [3.63, 3.8) is 0 Å². The molecule has 0 saturated heterocycles. The van der Waals surface area contributed by atoms with Gasteiger partial charge in [0.1, 0.15) is 11.4 Å². The molecule has 0 heterocycles. The van der Waals surface area contributed by atoms with E-state index < -0.39 is 10.8 Å². The first-order chi connectivity index (χ1) is 11.6. The predicted molar refractivity (Wildman–Crippen MR) is 91.5 cm³/mol. The van der Waals surface area contributed by atoms with Crippen molar-refractivity contribution >= 4 is 28.1 Å². The fraction of sp³-hybridized carbons (Fsp3) is 0.0556. The molecule has 0 radical (unpaired) electrons. The number of nitrogens with zero attached hydrogens (tertiary/aromatic N) is 1. The Balaban J connectivity index is 1.92. The van der Waals surface area contributed by atoms with E-state index in [1.807, 2.05) is 30.3 Å². The molecule has 0 bridgehead atoms. The molecule has 0 fully saturated rings. The second-order valence-corrected chi connectivity index (χ2v) is 5.16. The number of benzene rings is 3. The lowest BCUT2D eigenvalue weighted by atomic mass is 10.1. The van der Waals surface area contributed by atoms with Crippen molar-refractivity contribution in [2.24, 2.45) is 0 Å². The molecule has 0 aromatic heterocycles. The Morgan fingerprint density at radius 2 is 1.79 bits per heavy atom. The Kier molecular flexibility index (Phi) is 4.11. The SMILES string of the molecule is COc1ccc(NC(=O)c2ccc3ccccc3c2)c([N+](=O)[O-])c1. The molecule has 0 aliphatic heterocycles. The van der Waals surface area contributed by atoms with E-state index in [-0.39, 0.29) is 11.4 Å². The molecule has 6 heteroatoms. The predicted octanol–water partition coefficient (Wildman–Crippen LogP) is 4.01. The molecule has 1 N–H and O–H groups in total. The summed E-state index contributed by atoms with van der Waals surface area (Å²) in [5.74, 6) is -0.0561. The number of rotatable bonds is 4. The highest BCUT2D eigenvalue weighted by Crippen LogP contribution is 2.29. The van der Waals surface area contributed by atoms with Crippen LogP contribution in [0.3, 0.4) is 0 Å². The molecule has 0 aliphatic rings. The average molecular weight is 322 g/mol. The monoisotopic (exact) mass is 322 g/mol. The van der Waals surface area contributed by atoms with Crippen molar-refractivity contribution in [1.29, 1.82) is 0 Å². The lowest BCUT2D eigenvalue weighted by Gasteiger charge is -2.08. The van der Waals surface area contributed by atoms with Gasteiger partial charge in [-0.25, -0.2) is 0 Å². The summed E-state index contributed by atoms with van der Waals surface area (Å²) in [4.78, 5) is 23.0. The van der Waals surface area contributed by atoms with Gasteiger partial charge in [-0.05, 0) is 35.0 Å². The second kappa shape index (κ2) is 6.37. The smallest absolute Gasteiger partial charge is 0.296 e. The summed E-state index contributed by atoms with van der Waals surface area (Å²) in [5.41, 5.74) is 0.335. The zero-order valence-electron chi connectivity index (χ0n) is 12.9. The van der Waals surface area contributed by atoms with E-state index in [2.05, 4.69) is 5.32 Å². The second-order valence-electron chi connectivity index (χ2n) is 5.16. The van der Waals surface area contributed by atoms with E-state index in [9.17, 15) is 14.9 Å². The van der Waals surface area contributed by atoms with Crippen LogP contribution in [0.2, 0.25) is 0 Å². The van der Waals surface area contributed by atoms with Crippen LogP contribution in [0.15, 0.2) is 60.7 Å². The summed E-state index contributed by atoms with van der Waals surface area (Å²) >= 11 is 0. The highest BCUT2D eigenvalue weighted by molar-refractivity contribution is 6.07. The number of methoxy groups -OCH3 is 1. The van der Waals surface area contributed by atoms with Crippen LogP contribution < -0.4 is 10.1 Å². The van der Waals surface area contributed by atoms with Gasteiger partial charge < -0.3 is 10.1 Å². The Morgan fingerprint density at radius 3 is 2.50 bits per heavy atom. The maximum absolute atomic E-state index is 12.4. The number of fused-ring (bicyclic) bond motifs is 1. The van der Waals surface area contributed by atoms with Gasteiger partial charge >= 0.3 is 0 Å². The molecule has 3 rings (SSSR count). The van der Waals surface area contributed by atoms with Crippen LogP contribution >= 0.6 is 0 Å². The lowest BCUT2D eigenvalue weighted by Crippen LogP contribution is -2.13. The van der Waals surface area contributed by atoms with E-state index in [0.29, 0.717) is 11.3 Å². The minimum absolute atomic E-state index is 0.124. The van der Waals surface area contributed by atoms with Crippen molar-refractivity contribution in [3.8, 4) is 5.75 Å². The van der Waals surface area contributed by atoms with Gasteiger partial charge in [0.2, 0.25) is 0 Å². The molecule has 1 amide bonds. The highest BCUT2D eigenvalue weighted by Gasteiger charge is 2.18. The third kappa shape index (κ3) is 3.03. The van der Waals surface area contributed by atoms with E-state index >= 15 is 0 Å². The number of carbonyl (C=O) groups is 1. The summed E-state index contributed by atoms with van der Waals surface area (Å²) in [6.07, 6.45) is 0. The zero-order chi connectivity index (χ0) is 17.1. The zero-order valence-corrected chi connectivity index (χ0v) is 12.9. The third-order valence-electron chi connectivity index (χ3n) is 3.66. The minimum Gasteiger partial charge on any atom is -0.496 e. The van der Waals surface area contributed by atoms with E-state index in [1.54, 1.807) is 18.2 Å². The van der Waals surface area contributed by atoms with Crippen molar-refractivity contribution in [1.82, 2.24) is 0 Å². The molecule has 0 spiro atoms. The summed E-state index contributed by atoms with van der Waals surface area (Å²) in [6.45, 7) is 0. The molecule has 0 aliphatic carbocycles. The molecule has 120 valence electrons. The van der Waals surface area contributed by atoms with Crippen LogP contribution in [0.5, 0.6) is 5.75 Å². The number of nitrogens with one attached hydrogen (secondary N) is 1. The molecule has 0 atom stereocenters. The van der Waals surface area contributed by atoms with Crippen LogP contribution in [0.4, 0.5) is 11.4 Å². The van der Waals surface area contributed by atoms with Crippen molar-refractivity contribution in [2.75, 3.05) is 12.4 Å². The third-order valence-corrected chi connectivity index (χ3v) is 3.66. The van der Waals surface area contributed by atoms with Gasteiger partial charge in [0.15, 0.2) is 0 Å². The van der Waals surface area contributed by atoms with E-state index in [1.165, 1.54) is 19.2 Å². The summed E-state index contributed by atoms with van der Waals surface area (Å²) < 4.78 is 4.98. The summed E-state index contributed by atoms with van der Waals surface area (Å²) in [5, 5.41) is 15.7. The Labute approximate surface area is 137 Å². The Bertz CT molecular complexity index is 937. The van der Waals surface area contributed by atoms with Gasteiger partial charge in [0.25, 0.3) is 11.6 Å². The van der Waals surface area contributed by atoms with Gasteiger partial charge in [0, 0.05) is 5.56 Å². The van der Waals surface area contributed by atoms with Crippen LogP contribution in [0.25, 0.3) is 10.8 Å². The van der Waals surface area contributed by atoms with Gasteiger partial charge in [-0.3, -0.25) is 14.9 Å². The standard InChI is InChI=1S/C18H14N2O4/c1-24-15-8-9-16(17(11-15)20(22)23)19-18(21)14-7-6-12-4-2-3-5-13(12)10-14/h2-11H,1H3,(H,19,21). The number of amides is 1. The number of nitro benzene ring substituents is 1. The number of anilines is 1. The fourth-order valence-electron chi connectivity index (χ4n) is 2.42. The molecule has 6 nitrogen and oxygen atoms in total. The maximum atomic E-state index is 12.4. The number of hydrogen-bond donors (Lipinski definition) is 1. The van der Waals surface area contributed by atoms with Gasteiger partial charge in [-0.15, -0.1) is 0 Å². The molecule has 0 unspecified atom stereocenters.